The van der Waals surface area contributed by atoms with Crippen LogP contribution in [-0.2, 0) is 0 Å². The van der Waals surface area contributed by atoms with Crippen LogP contribution in [0.25, 0.3) is 0 Å². The van der Waals surface area contributed by atoms with Gasteiger partial charge in [0, 0.05) is 31.7 Å². The molecule has 1 N–H and O–H groups in total. The van der Waals surface area contributed by atoms with Crippen LogP contribution in [0.5, 0.6) is 0 Å². The molecule has 0 aliphatic carbocycles. The van der Waals surface area contributed by atoms with Gasteiger partial charge in [0.05, 0.1) is 5.69 Å². The summed E-state index contributed by atoms with van der Waals surface area (Å²) in [4.78, 5) is 13.7. The highest BCUT2D eigenvalue weighted by molar-refractivity contribution is 5.91. The molecule has 0 spiro atoms. The largest absolute Gasteiger partial charge is 0.351 e. The fourth-order valence-corrected chi connectivity index (χ4v) is 1.74. The maximum atomic E-state index is 11.9. The van der Waals surface area contributed by atoms with Crippen LogP contribution in [-0.4, -0.2) is 41.6 Å². The first-order valence-corrected chi connectivity index (χ1v) is 5.13. The fourth-order valence-electron chi connectivity index (χ4n) is 1.74. The second kappa shape index (κ2) is 5.32. The summed E-state index contributed by atoms with van der Waals surface area (Å²) in [7, 11) is 0. The van der Waals surface area contributed by atoms with E-state index >= 15 is 0 Å². The van der Waals surface area contributed by atoms with E-state index < -0.39 is 0 Å². The lowest BCUT2D eigenvalue weighted by Gasteiger charge is -2.31. The number of hydrogen-bond acceptors (Lipinski definition) is 4. The molecular formula is C10H16ClN3O2. The maximum Gasteiger partial charge on any atom is 0.292 e. The zero-order valence-electron chi connectivity index (χ0n) is 9.40. The van der Waals surface area contributed by atoms with Crippen LogP contribution in [0.4, 0.5) is 0 Å². The molecule has 90 valence electrons. The predicted molar refractivity (Wildman–Crippen MR) is 61.9 cm³/mol. The number of carbonyl (C=O) groups is 1. The molecule has 1 atom stereocenters. The monoisotopic (exact) mass is 245 g/mol. The Labute approximate surface area is 101 Å². The second-order valence-corrected chi connectivity index (χ2v) is 3.94. The Balaban J connectivity index is 0.00000128. The van der Waals surface area contributed by atoms with E-state index in [0.717, 1.165) is 25.3 Å². The van der Waals surface area contributed by atoms with Crippen molar-refractivity contribution in [3.8, 4) is 0 Å². The number of rotatable bonds is 1. The average Bonchev–Trinajstić information content (AvgIpc) is 2.64. The fraction of sp³-hybridized carbons (Fsp3) is 0.600. The second-order valence-electron chi connectivity index (χ2n) is 3.94. The summed E-state index contributed by atoms with van der Waals surface area (Å²) in [6.07, 6.45) is 0. The molecule has 2 rings (SSSR count). The Morgan fingerprint density at radius 1 is 1.69 bits per heavy atom. The van der Waals surface area contributed by atoms with E-state index in [9.17, 15) is 4.79 Å². The first-order chi connectivity index (χ1) is 7.16. The highest BCUT2D eigenvalue weighted by atomic mass is 35.5. The SMILES string of the molecule is Cc1cc(C(=O)N2CCN[C@H](C)C2)on1.Cl. The zero-order valence-corrected chi connectivity index (χ0v) is 10.2. The van der Waals surface area contributed by atoms with Crippen molar-refractivity contribution in [2.24, 2.45) is 0 Å². The van der Waals surface area contributed by atoms with Crippen LogP contribution in [0.1, 0.15) is 23.2 Å². The molecule has 5 nitrogen and oxygen atoms in total. The minimum atomic E-state index is -0.0658. The first-order valence-electron chi connectivity index (χ1n) is 5.13. The van der Waals surface area contributed by atoms with Crippen LogP contribution in [0.2, 0.25) is 0 Å². The third-order valence-corrected chi connectivity index (χ3v) is 2.49. The molecule has 0 bridgehead atoms. The van der Waals surface area contributed by atoms with Gasteiger partial charge in [-0.25, -0.2) is 0 Å². The molecule has 1 aromatic heterocycles. The standard InChI is InChI=1S/C10H15N3O2.ClH/c1-7-5-9(15-12-7)10(14)13-4-3-11-8(2)6-13;/h5,8,11H,3-4,6H2,1-2H3;1H/t8-;/m1./s1. The number of nitrogens with zero attached hydrogens (tertiary/aromatic N) is 2. The van der Waals surface area contributed by atoms with E-state index in [4.69, 9.17) is 4.52 Å². The molecule has 2 heterocycles. The zero-order chi connectivity index (χ0) is 10.8. The summed E-state index contributed by atoms with van der Waals surface area (Å²) < 4.78 is 4.95. The summed E-state index contributed by atoms with van der Waals surface area (Å²) >= 11 is 0. The molecule has 6 heteroatoms. The Bertz CT molecular complexity index is 367. The summed E-state index contributed by atoms with van der Waals surface area (Å²) in [5, 5.41) is 7.00. The van der Waals surface area contributed by atoms with E-state index in [1.54, 1.807) is 17.9 Å². The predicted octanol–water partition coefficient (Wildman–Crippen LogP) is 0.839. The van der Waals surface area contributed by atoms with Gasteiger partial charge in [0.1, 0.15) is 0 Å². The third kappa shape index (κ3) is 2.74. The molecule has 1 aliphatic heterocycles. The lowest BCUT2D eigenvalue weighted by Crippen LogP contribution is -2.51. The number of amides is 1. The van der Waals surface area contributed by atoms with Crippen molar-refractivity contribution in [3.63, 3.8) is 0 Å². The number of carbonyl (C=O) groups excluding carboxylic acids is 1. The molecule has 1 fully saturated rings. The van der Waals surface area contributed by atoms with Crippen molar-refractivity contribution in [1.29, 1.82) is 0 Å². The van der Waals surface area contributed by atoms with Crippen molar-refractivity contribution in [3.05, 3.63) is 17.5 Å². The van der Waals surface area contributed by atoms with Crippen LogP contribution in [0.3, 0.4) is 0 Å². The lowest BCUT2D eigenvalue weighted by molar-refractivity contribution is 0.0667. The quantitative estimate of drug-likeness (QED) is 0.797. The maximum absolute atomic E-state index is 11.9. The van der Waals surface area contributed by atoms with Crippen LogP contribution < -0.4 is 5.32 Å². The smallest absolute Gasteiger partial charge is 0.292 e. The molecule has 0 aromatic carbocycles. The van der Waals surface area contributed by atoms with Crippen molar-refractivity contribution in [2.45, 2.75) is 19.9 Å². The average molecular weight is 246 g/mol. The Kier molecular flexibility index (Phi) is 4.32. The molecule has 1 saturated heterocycles. The molecule has 1 aliphatic rings. The Morgan fingerprint density at radius 3 is 3.00 bits per heavy atom. The molecule has 0 unspecified atom stereocenters. The van der Waals surface area contributed by atoms with Gasteiger partial charge in [-0.15, -0.1) is 12.4 Å². The van der Waals surface area contributed by atoms with Crippen molar-refractivity contribution >= 4 is 18.3 Å². The van der Waals surface area contributed by atoms with Crippen LogP contribution >= 0.6 is 12.4 Å². The van der Waals surface area contributed by atoms with Gasteiger partial charge in [-0.2, -0.15) is 0 Å². The number of aromatic nitrogens is 1. The number of aryl methyl sites for hydroxylation is 1. The van der Waals surface area contributed by atoms with Gasteiger partial charge in [-0.3, -0.25) is 4.79 Å². The van der Waals surface area contributed by atoms with Crippen LogP contribution in [0, 0.1) is 6.92 Å². The Hall–Kier alpha value is -1.07. The highest BCUT2D eigenvalue weighted by Crippen LogP contribution is 2.08. The lowest BCUT2D eigenvalue weighted by atomic mass is 10.2. The molecule has 0 radical (unpaired) electrons. The van der Waals surface area contributed by atoms with E-state index in [1.165, 1.54) is 0 Å². The number of halogens is 1. The normalized spacial score (nSPS) is 20.4. The molecule has 1 aromatic rings. The third-order valence-electron chi connectivity index (χ3n) is 2.49. The van der Waals surface area contributed by atoms with Crippen molar-refractivity contribution in [1.82, 2.24) is 15.4 Å². The van der Waals surface area contributed by atoms with E-state index in [2.05, 4.69) is 17.4 Å². The van der Waals surface area contributed by atoms with E-state index in [0.29, 0.717) is 11.8 Å². The Morgan fingerprint density at radius 2 is 2.44 bits per heavy atom. The number of nitrogens with one attached hydrogen (secondary N) is 1. The van der Waals surface area contributed by atoms with Crippen LogP contribution in [0.15, 0.2) is 10.6 Å². The summed E-state index contributed by atoms with van der Waals surface area (Å²) in [6, 6.07) is 2.02. The number of piperazine rings is 1. The topological polar surface area (TPSA) is 58.4 Å². The van der Waals surface area contributed by atoms with Gasteiger partial charge < -0.3 is 14.7 Å². The molecule has 16 heavy (non-hydrogen) atoms. The van der Waals surface area contributed by atoms with Gasteiger partial charge in [0.2, 0.25) is 5.76 Å². The van der Waals surface area contributed by atoms with Gasteiger partial charge in [0.25, 0.3) is 5.91 Å². The minimum Gasteiger partial charge on any atom is -0.351 e. The summed E-state index contributed by atoms with van der Waals surface area (Å²) in [5.74, 6) is 0.269. The van der Waals surface area contributed by atoms with Gasteiger partial charge in [0.15, 0.2) is 0 Å². The van der Waals surface area contributed by atoms with Gasteiger partial charge >= 0.3 is 0 Å². The highest BCUT2D eigenvalue weighted by Gasteiger charge is 2.24. The van der Waals surface area contributed by atoms with Gasteiger partial charge in [-0.05, 0) is 13.8 Å². The van der Waals surface area contributed by atoms with Crippen molar-refractivity contribution in [2.75, 3.05) is 19.6 Å². The molecule has 1 amide bonds. The minimum absolute atomic E-state index is 0. The van der Waals surface area contributed by atoms with Crippen molar-refractivity contribution < 1.29 is 9.32 Å². The number of hydrogen-bond donors (Lipinski definition) is 1. The molecule has 0 saturated carbocycles. The first kappa shape index (κ1) is 13.0. The van der Waals surface area contributed by atoms with Gasteiger partial charge in [-0.1, -0.05) is 5.16 Å². The summed E-state index contributed by atoms with van der Waals surface area (Å²) in [5.41, 5.74) is 0.738. The summed E-state index contributed by atoms with van der Waals surface area (Å²) in [6.45, 7) is 6.15. The van der Waals surface area contributed by atoms with E-state index in [-0.39, 0.29) is 18.3 Å². The van der Waals surface area contributed by atoms with E-state index in [1.807, 2.05) is 0 Å². The molecular weight excluding hydrogens is 230 g/mol.